The zero-order chi connectivity index (χ0) is 15.5. The second-order valence-electron chi connectivity index (χ2n) is 4.86. The quantitative estimate of drug-likeness (QED) is 0.693. The number of aryl methyl sites for hydroxylation is 1. The van der Waals surface area contributed by atoms with Gasteiger partial charge in [-0.05, 0) is 25.1 Å². The Morgan fingerprint density at radius 1 is 1.41 bits per heavy atom. The molecule has 3 heterocycles. The van der Waals surface area contributed by atoms with Crippen LogP contribution in [0.2, 0.25) is 0 Å². The van der Waals surface area contributed by atoms with Crippen LogP contribution in [0, 0.1) is 6.92 Å². The number of nitrogens with zero attached hydrogens (tertiary/aromatic N) is 5. The maximum Gasteiger partial charge on any atom is 0.246 e. The van der Waals surface area contributed by atoms with Gasteiger partial charge in [-0.3, -0.25) is 9.20 Å². The molecule has 3 rings (SSSR count). The second-order valence-corrected chi connectivity index (χ2v) is 5.93. The van der Waals surface area contributed by atoms with Crippen LogP contribution in [0.25, 0.3) is 11.7 Å². The molecular formula is C15H15N5OS. The van der Waals surface area contributed by atoms with Gasteiger partial charge in [0.05, 0.1) is 17.2 Å². The third-order valence-electron chi connectivity index (χ3n) is 3.17. The number of pyridine rings is 1. The Bertz CT molecular complexity index is 835. The second kappa shape index (κ2) is 6.07. The van der Waals surface area contributed by atoms with Gasteiger partial charge in [0.15, 0.2) is 11.5 Å². The first-order valence-corrected chi connectivity index (χ1v) is 7.65. The fourth-order valence-corrected chi connectivity index (χ4v) is 2.61. The van der Waals surface area contributed by atoms with Gasteiger partial charge in [0.25, 0.3) is 0 Å². The Morgan fingerprint density at radius 3 is 3.05 bits per heavy atom. The molecule has 0 atom stereocenters. The molecule has 0 radical (unpaired) electrons. The lowest BCUT2D eigenvalue weighted by Gasteiger charge is -2.13. The maximum absolute atomic E-state index is 12.1. The molecule has 0 aliphatic heterocycles. The van der Waals surface area contributed by atoms with Crippen LogP contribution in [-0.4, -0.2) is 37.4 Å². The molecule has 0 aromatic carbocycles. The van der Waals surface area contributed by atoms with Crippen LogP contribution in [0.3, 0.4) is 0 Å². The van der Waals surface area contributed by atoms with Crippen LogP contribution in [0.5, 0.6) is 0 Å². The minimum atomic E-state index is -0.0988. The maximum atomic E-state index is 12.1. The van der Waals surface area contributed by atoms with Crippen LogP contribution < -0.4 is 0 Å². The number of carbonyl (C=O) groups excluding carboxylic acids is 1. The fraction of sp³-hybridized carbons (Fsp3) is 0.200. The van der Waals surface area contributed by atoms with E-state index in [4.69, 9.17) is 0 Å². The van der Waals surface area contributed by atoms with Crippen molar-refractivity contribution in [3.63, 3.8) is 0 Å². The van der Waals surface area contributed by atoms with Gasteiger partial charge >= 0.3 is 0 Å². The average molecular weight is 313 g/mol. The van der Waals surface area contributed by atoms with Gasteiger partial charge in [-0.2, -0.15) is 0 Å². The Hall–Kier alpha value is -2.54. The van der Waals surface area contributed by atoms with Crippen molar-refractivity contribution in [2.75, 3.05) is 7.05 Å². The zero-order valence-electron chi connectivity index (χ0n) is 12.3. The fourth-order valence-electron chi connectivity index (χ4n) is 2.03. The first kappa shape index (κ1) is 14.4. The van der Waals surface area contributed by atoms with Gasteiger partial charge in [0.2, 0.25) is 5.91 Å². The molecular weight excluding hydrogens is 298 g/mol. The molecule has 3 aromatic heterocycles. The lowest BCUT2D eigenvalue weighted by atomic mass is 10.3. The third-order valence-corrected chi connectivity index (χ3v) is 3.96. The normalized spacial score (nSPS) is 11.4. The summed E-state index contributed by atoms with van der Waals surface area (Å²) in [5.74, 6) is 0.627. The van der Waals surface area contributed by atoms with E-state index in [0.29, 0.717) is 6.54 Å². The molecule has 22 heavy (non-hydrogen) atoms. The average Bonchev–Trinajstić information content (AvgIpc) is 3.12. The number of carbonyl (C=O) groups is 1. The van der Waals surface area contributed by atoms with E-state index in [-0.39, 0.29) is 5.91 Å². The highest BCUT2D eigenvalue weighted by Gasteiger charge is 2.11. The highest BCUT2D eigenvalue weighted by molar-refractivity contribution is 7.09. The highest BCUT2D eigenvalue weighted by atomic mass is 32.1. The summed E-state index contributed by atoms with van der Waals surface area (Å²) in [6, 6.07) is 5.69. The minimum absolute atomic E-state index is 0.0988. The smallest absolute Gasteiger partial charge is 0.246 e. The molecule has 0 N–H and O–H groups in total. The van der Waals surface area contributed by atoms with E-state index in [1.54, 1.807) is 29.4 Å². The van der Waals surface area contributed by atoms with E-state index in [1.165, 1.54) is 6.08 Å². The van der Waals surface area contributed by atoms with Crippen molar-refractivity contribution >= 4 is 29.0 Å². The number of thiazole rings is 1. The molecule has 0 aliphatic carbocycles. The van der Waals surface area contributed by atoms with E-state index in [2.05, 4.69) is 15.2 Å². The standard InChI is InChI=1S/C15H15N5OS/c1-11-16-12(10-22-11)6-7-15(21)19(2)9-14-18-17-13-5-3-4-8-20(13)14/h3-8,10H,9H2,1-2H3. The molecule has 1 amide bonds. The first-order valence-electron chi connectivity index (χ1n) is 6.77. The zero-order valence-corrected chi connectivity index (χ0v) is 13.1. The molecule has 0 fully saturated rings. The van der Waals surface area contributed by atoms with Gasteiger partial charge in [-0.15, -0.1) is 21.5 Å². The van der Waals surface area contributed by atoms with Crippen LogP contribution >= 0.6 is 11.3 Å². The number of hydrogen-bond acceptors (Lipinski definition) is 5. The molecule has 7 heteroatoms. The number of aromatic nitrogens is 4. The van der Waals surface area contributed by atoms with Crippen molar-refractivity contribution in [3.8, 4) is 0 Å². The molecule has 0 spiro atoms. The minimum Gasteiger partial charge on any atom is -0.335 e. The molecule has 0 saturated carbocycles. The Kier molecular flexibility index (Phi) is 3.97. The number of fused-ring (bicyclic) bond motifs is 1. The van der Waals surface area contributed by atoms with Crippen LogP contribution in [0.1, 0.15) is 16.5 Å². The van der Waals surface area contributed by atoms with Crippen molar-refractivity contribution < 1.29 is 4.79 Å². The molecule has 3 aromatic rings. The van der Waals surface area contributed by atoms with Crippen molar-refractivity contribution in [1.29, 1.82) is 0 Å². The number of hydrogen-bond donors (Lipinski definition) is 0. The van der Waals surface area contributed by atoms with Crippen molar-refractivity contribution in [2.24, 2.45) is 0 Å². The van der Waals surface area contributed by atoms with Crippen molar-refractivity contribution in [3.05, 3.63) is 52.4 Å². The van der Waals surface area contributed by atoms with E-state index in [9.17, 15) is 4.79 Å². The van der Waals surface area contributed by atoms with Crippen LogP contribution in [-0.2, 0) is 11.3 Å². The summed E-state index contributed by atoms with van der Waals surface area (Å²) in [6.07, 6.45) is 5.14. The predicted octanol–water partition coefficient (Wildman–Crippen LogP) is 2.17. The number of likely N-dealkylation sites (N-methyl/N-ethyl adjacent to an activating group) is 1. The van der Waals surface area contributed by atoms with Crippen LogP contribution in [0.4, 0.5) is 0 Å². The summed E-state index contributed by atoms with van der Waals surface area (Å²) >= 11 is 1.56. The molecule has 0 unspecified atom stereocenters. The topological polar surface area (TPSA) is 63.4 Å². The first-order chi connectivity index (χ1) is 10.6. The summed E-state index contributed by atoms with van der Waals surface area (Å²) in [4.78, 5) is 18.0. The Labute approximate surface area is 131 Å². The Balaban J connectivity index is 1.69. The lowest BCUT2D eigenvalue weighted by molar-refractivity contribution is -0.125. The third kappa shape index (κ3) is 3.04. The largest absolute Gasteiger partial charge is 0.335 e. The summed E-state index contributed by atoms with van der Waals surface area (Å²) in [6.45, 7) is 2.33. The van der Waals surface area contributed by atoms with E-state index < -0.39 is 0 Å². The van der Waals surface area contributed by atoms with Crippen molar-refractivity contribution in [1.82, 2.24) is 24.5 Å². The monoisotopic (exact) mass is 313 g/mol. The summed E-state index contributed by atoms with van der Waals surface area (Å²) in [7, 11) is 1.74. The summed E-state index contributed by atoms with van der Waals surface area (Å²) in [5, 5.41) is 11.1. The summed E-state index contributed by atoms with van der Waals surface area (Å²) in [5.41, 5.74) is 1.57. The van der Waals surface area contributed by atoms with E-state index >= 15 is 0 Å². The Morgan fingerprint density at radius 2 is 2.27 bits per heavy atom. The SMILES string of the molecule is Cc1nc(C=CC(=O)N(C)Cc2nnc3ccccn23)cs1. The molecule has 6 nitrogen and oxygen atoms in total. The van der Waals surface area contributed by atoms with E-state index in [1.807, 2.05) is 41.1 Å². The van der Waals surface area contributed by atoms with Gasteiger partial charge < -0.3 is 4.90 Å². The number of rotatable bonds is 4. The molecule has 112 valence electrons. The van der Waals surface area contributed by atoms with Crippen molar-refractivity contribution in [2.45, 2.75) is 13.5 Å². The van der Waals surface area contributed by atoms with E-state index in [0.717, 1.165) is 22.2 Å². The molecule has 0 aliphatic rings. The van der Waals surface area contributed by atoms with Gasteiger partial charge in [-0.25, -0.2) is 4.98 Å². The van der Waals surface area contributed by atoms with Gasteiger partial charge in [0, 0.05) is 24.7 Å². The molecule has 0 bridgehead atoms. The summed E-state index contributed by atoms with van der Waals surface area (Å²) < 4.78 is 1.87. The van der Waals surface area contributed by atoms with Gasteiger partial charge in [0.1, 0.15) is 0 Å². The molecule has 0 saturated heterocycles. The lowest BCUT2D eigenvalue weighted by Crippen LogP contribution is -2.25. The van der Waals surface area contributed by atoms with Crippen LogP contribution in [0.15, 0.2) is 35.9 Å². The highest BCUT2D eigenvalue weighted by Crippen LogP contribution is 2.10. The van der Waals surface area contributed by atoms with Gasteiger partial charge in [-0.1, -0.05) is 6.07 Å². The predicted molar refractivity (Wildman–Crippen MR) is 85.3 cm³/mol. The number of amides is 1.